The Morgan fingerprint density at radius 3 is 2.59 bits per heavy atom. The molecular weight excluding hydrogens is 277 g/mol. The minimum atomic E-state index is -0.575. The van der Waals surface area contributed by atoms with Crippen LogP contribution in [0.5, 0.6) is 0 Å². The zero-order valence-corrected chi connectivity index (χ0v) is 14.3. The van der Waals surface area contributed by atoms with Crippen molar-refractivity contribution in [1.82, 2.24) is 0 Å². The van der Waals surface area contributed by atoms with Crippen LogP contribution in [0.4, 0.5) is 5.69 Å². The second kappa shape index (κ2) is 5.45. The molecule has 22 heavy (non-hydrogen) atoms. The van der Waals surface area contributed by atoms with Crippen molar-refractivity contribution in [1.29, 1.82) is 0 Å². The Hall–Kier alpha value is -1.78. The third-order valence-electron chi connectivity index (χ3n) is 4.00. The summed E-state index contributed by atoms with van der Waals surface area (Å²) in [4.78, 5) is 26.0. The van der Waals surface area contributed by atoms with Gasteiger partial charge >= 0.3 is 5.97 Å². The zero-order chi connectivity index (χ0) is 16.7. The molecule has 0 unspecified atom stereocenters. The molecule has 1 amide bonds. The molecule has 0 fully saturated rings. The van der Waals surface area contributed by atoms with Crippen molar-refractivity contribution in [3.8, 4) is 0 Å². The van der Waals surface area contributed by atoms with E-state index in [2.05, 4.69) is 19.9 Å². The Morgan fingerprint density at radius 2 is 2.00 bits per heavy atom. The van der Waals surface area contributed by atoms with Gasteiger partial charge < -0.3 is 4.74 Å². The minimum absolute atomic E-state index is 0.0111. The average molecular weight is 301 g/mol. The Morgan fingerprint density at radius 1 is 1.36 bits per heavy atom. The number of esters is 1. The van der Waals surface area contributed by atoms with Gasteiger partial charge in [-0.05, 0) is 32.4 Å². The van der Waals surface area contributed by atoms with Crippen molar-refractivity contribution >= 4 is 30.9 Å². The van der Waals surface area contributed by atoms with Crippen molar-refractivity contribution in [3.05, 3.63) is 23.8 Å². The number of anilines is 1. The summed E-state index contributed by atoms with van der Waals surface area (Å²) in [5.74, 6) is -0.318. The second-order valence-electron chi connectivity index (χ2n) is 7.71. The van der Waals surface area contributed by atoms with E-state index in [1.165, 1.54) is 0 Å². The molecular formula is C17H24BNO3. The Labute approximate surface area is 133 Å². The molecule has 0 atom stereocenters. The van der Waals surface area contributed by atoms with E-state index in [9.17, 15) is 9.59 Å². The first-order valence-corrected chi connectivity index (χ1v) is 7.61. The molecule has 0 bridgehead atoms. The van der Waals surface area contributed by atoms with Crippen LogP contribution in [-0.2, 0) is 19.7 Å². The Bertz CT molecular complexity index is 617. The van der Waals surface area contributed by atoms with Crippen LogP contribution in [0.3, 0.4) is 0 Å². The van der Waals surface area contributed by atoms with Gasteiger partial charge in [-0.3, -0.25) is 14.5 Å². The summed E-state index contributed by atoms with van der Waals surface area (Å²) in [5.41, 5.74) is 2.34. The van der Waals surface area contributed by atoms with Gasteiger partial charge in [-0.15, -0.1) is 0 Å². The number of hydrogen-bond acceptors (Lipinski definition) is 3. The summed E-state index contributed by atoms with van der Waals surface area (Å²) >= 11 is 0. The number of hydrogen-bond donors (Lipinski definition) is 0. The third kappa shape index (κ3) is 3.18. The van der Waals surface area contributed by atoms with Crippen molar-refractivity contribution in [2.24, 2.45) is 5.41 Å². The molecule has 0 saturated heterocycles. The largest absolute Gasteiger partial charge is 0.443 e. The predicted octanol–water partition coefficient (Wildman–Crippen LogP) is 1.51. The molecule has 0 radical (unpaired) electrons. The van der Waals surface area contributed by atoms with Gasteiger partial charge in [0.15, 0.2) is 6.73 Å². The number of carbonyl (C=O) groups excluding carboxylic acids is 2. The van der Waals surface area contributed by atoms with Crippen LogP contribution in [0.2, 0.25) is 0 Å². The van der Waals surface area contributed by atoms with Gasteiger partial charge in [-0.25, -0.2) is 0 Å². The van der Waals surface area contributed by atoms with E-state index in [1.807, 2.05) is 20.0 Å². The fourth-order valence-electron chi connectivity index (χ4n) is 2.61. The predicted molar refractivity (Wildman–Crippen MR) is 90.2 cm³/mol. The monoisotopic (exact) mass is 301 g/mol. The third-order valence-corrected chi connectivity index (χ3v) is 4.00. The molecule has 1 aliphatic heterocycles. The SMILES string of the molecule is Bc1ccc2c(c1)C(C)(C)CC(=O)N2COC(=O)C(C)(C)C. The molecule has 1 aromatic carbocycles. The number of amides is 1. The highest BCUT2D eigenvalue weighted by Crippen LogP contribution is 2.39. The normalized spacial score (nSPS) is 17.1. The first-order valence-electron chi connectivity index (χ1n) is 7.61. The summed E-state index contributed by atoms with van der Waals surface area (Å²) < 4.78 is 5.34. The summed E-state index contributed by atoms with van der Waals surface area (Å²) in [6.45, 7) is 9.51. The van der Waals surface area contributed by atoms with Crippen molar-refractivity contribution in [2.75, 3.05) is 11.6 Å². The van der Waals surface area contributed by atoms with Gasteiger partial charge in [0.25, 0.3) is 0 Å². The lowest BCUT2D eigenvalue weighted by Crippen LogP contribution is -2.44. The molecule has 118 valence electrons. The second-order valence-corrected chi connectivity index (χ2v) is 7.71. The van der Waals surface area contributed by atoms with Gasteiger partial charge in [-0.2, -0.15) is 0 Å². The Kier molecular flexibility index (Phi) is 4.11. The maximum Gasteiger partial charge on any atom is 0.312 e. The minimum Gasteiger partial charge on any atom is -0.443 e. The first kappa shape index (κ1) is 16.6. The number of carbonyl (C=O) groups is 2. The summed E-state index contributed by atoms with van der Waals surface area (Å²) in [6.07, 6.45) is 0.413. The maximum absolute atomic E-state index is 12.5. The van der Waals surface area contributed by atoms with Crippen molar-refractivity contribution in [2.45, 2.75) is 46.5 Å². The van der Waals surface area contributed by atoms with Gasteiger partial charge in [0, 0.05) is 11.8 Å². The van der Waals surface area contributed by atoms with Crippen LogP contribution in [0.15, 0.2) is 18.2 Å². The number of rotatable bonds is 2. The quantitative estimate of drug-likeness (QED) is 0.614. The molecule has 2 rings (SSSR count). The van der Waals surface area contributed by atoms with Crippen LogP contribution in [0, 0.1) is 5.41 Å². The lowest BCUT2D eigenvalue weighted by atomic mass is 9.75. The average Bonchev–Trinajstić information content (AvgIpc) is 2.37. The molecule has 1 heterocycles. The fourth-order valence-corrected chi connectivity index (χ4v) is 2.61. The molecule has 0 N–H and O–H groups in total. The van der Waals surface area contributed by atoms with Gasteiger partial charge in [-0.1, -0.05) is 31.4 Å². The molecule has 1 aliphatic rings. The molecule has 0 spiro atoms. The van der Waals surface area contributed by atoms with Crippen LogP contribution in [-0.4, -0.2) is 26.5 Å². The highest BCUT2D eigenvalue weighted by molar-refractivity contribution is 6.32. The summed E-state index contributed by atoms with van der Waals surface area (Å²) in [5, 5.41) is 0. The molecule has 0 saturated carbocycles. The molecule has 0 aromatic heterocycles. The highest BCUT2D eigenvalue weighted by Gasteiger charge is 2.37. The first-order chi connectivity index (χ1) is 10.0. The van der Waals surface area contributed by atoms with E-state index < -0.39 is 5.41 Å². The van der Waals surface area contributed by atoms with Crippen LogP contribution >= 0.6 is 0 Å². The van der Waals surface area contributed by atoms with Gasteiger partial charge in [0.2, 0.25) is 5.91 Å². The molecule has 1 aromatic rings. The maximum atomic E-state index is 12.5. The van der Waals surface area contributed by atoms with Crippen LogP contribution in [0.25, 0.3) is 0 Å². The van der Waals surface area contributed by atoms with Crippen LogP contribution in [0.1, 0.15) is 46.6 Å². The van der Waals surface area contributed by atoms with Crippen molar-refractivity contribution in [3.63, 3.8) is 0 Å². The standard InChI is InChI=1S/C17H24BNO3/c1-16(2,3)15(21)22-10-19-13-7-6-11(18)8-12(13)17(4,5)9-14(19)20/h6-8H,9-10,18H2,1-5H3. The zero-order valence-electron chi connectivity index (χ0n) is 14.3. The van der Waals surface area contributed by atoms with E-state index in [-0.39, 0.29) is 24.0 Å². The topological polar surface area (TPSA) is 46.6 Å². The lowest BCUT2D eigenvalue weighted by molar-refractivity contribution is -0.153. The highest BCUT2D eigenvalue weighted by atomic mass is 16.5. The fraction of sp³-hybridized carbons (Fsp3) is 0.529. The lowest BCUT2D eigenvalue weighted by Gasteiger charge is -2.38. The van der Waals surface area contributed by atoms with E-state index in [1.54, 1.807) is 25.7 Å². The molecule has 0 aliphatic carbocycles. The summed E-state index contributed by atoms with van der Waals surface area (Å²) in [7, 11) is 2.04. The van der Waals surface area contributed by atoms with Crippen molar-refractivity contribution < 1.29 is 14.3 Å². The number of benzene rings is 1. The van der Waals surface area contributed by atoms with E-state index in [0.29, 0.717) is 6.42 Å². The summed E-state index contributed by atoms with van der Waals surface area (Å²) in [6, 6.07) is 6.03. The van der Waals surface area contributed by atoms with Gasteiger partial charge in [0.1, 0.15) is 7.85 Å². The molecule has 5 heteroatoms. The smallest absolute Gasteiger partial charge is 0.312 e. The van der Waals surface area contributed by atoms with Crippen LogP contribution < -0.4 is 10.4 Å². The Balaban J connectivity index is 2.30. The van der Waals surface area contributed by atoms with Gasteiger partial charge in [0.05, 0.1) is 11.1 Å². The van der Waals surface area contributed by atoms with E-state index >= 15 is 0 Å². The molecule has 4 nitrogen and oxygen atoms in total. The van der Waals surface area contributed by atoms with E-state index in [0.717, 1.165) is 16.7 Å². The van der Waals surface area contributed by atoms with E-state index in [4.69, 9.17) is 4.74 Å². The number of fused-ring (bicyclic) bond motifs is 1. The number of ether oxygens (including phenoxy) is 1. The number of nitrogens with zero attached hydrogens (tertiary/aromatic N) is 1.